The van der Waals surface area contributed by atoms with Crippen LogP contribution in [0.3, 0.4) is 0 Å². The van der Waals surface area contributed by atoms with Gasteiger partial charge < -0.3 is 27.8 Å². The zero-order valence-electron chi connectivity index (χ0n) is 51.2. The van der Waals surface area contributed by atoms with Gasteiger partial charge in [-0.3, -0.25) is 9.00 Å². The number of anilines is 1. The fraction of sp³-hybridized carbons (Fsp3) is 0.492. The van der Waals surface area contributed by atoms with Crippen molar-refractivity contribution in [3.05, 3.63) is 156 Å². The maximum atomic E-state index is 15.6. The highest BCUT2D eigenvalue weighted by atomic mass is 32.2. The second-order valence-corrected chi connectivity index (χ2v) is 44.0. The summed E-state index contributed by atoms with van der Waals surface area (Å²) in [7, 11) is -12.5. The molecule has 1 aliphatic heterocycles. The van der Waals surface area contributed by atoms with E-state index in [1.807, 2.05) is 79.7 Å². The Balaban J connectivity index is 1.50. The summed E-state index contributed by atoms with van der Waals surface area (Å²) in [5.74, 6) is 0.0535. The normalized spacial score (nSPS) is 19.0. The van der Waals surface area contributed by atoms with Crippen molar-refractivity contribution in [3.8, 4) is 5.75 Å². The van der Waals surface area contributed by atoms with Crippen molar-refractivity contribution in [3.63, 3.8) is 0 Å². The molecule has 2 unspecified atom stereocenters. The van der Waals surface area contributed by atoms with Crippen LogP contribution in [0.1, 0.15) is 133 Å². The Bertz CT molecular complexity index is 2960. The minimum atomic E-state index is -4.14. The highest BCUT2D eigenvalue weighted by Crippen LogP contribution is 2.57. The summed E-state index contributed by atoms with van der Waals surface area (Å²) in [5, 5.41) is 3.01. The van der Waals surface area contributed by atoms with E-state index in [9.17, 15) is 9.00 Å². The smallest absolute Gasteiger partial charge is 0.350 e. The lowest BCUT2D eigenvalue weighted by molar-refractivity contribution is -0.118. The molecule has 0 saturated carbocycles. The van der Waals surface area contributed by atoms with Crippen molar-refractivity contribution < 1.29 is 39.9 Å². The first-order valence-corrected chi connectivity index (χ1v) is 37.8. The van der Waals surface area contributed by atoms with Crippen LogP contribution in [0.4, 0.5) is 5.69 Å². The van der Waals surface area contributed by atoms with E-state index >= 15 is 8.42 Å². The third-order valence-electron chi connectivity index (χ3n) is 16.5. The number of benzene rings is 5. The predicted molar refractivity (Wildman–Crippen MR) is 338 cm³/mol. The van der Waals surface area contributed by atoms with Crippen LogP contribution in [-0.2, 0) is 43.4 Å². The third-order valence-corrected chi connectivity index (χ3v) is 34.8. The summed E-state index contributed by atoms with van der Waals surface area (Å²) < 4.78 is 79.9. The Hall–Kier alpha value is -4.30. The van der Waals surface area contributed by atoms with Gasteiger partial charge in [-0.25, -0.2) is 8.42 Å². The van der Waals surface area contributed by atoms with Gasteiger partial charge in [0, 0.05) is 46.4 Å². The molecular weight excluding hydrogens is 1090 g/mol. The van der Waals surface area contributed by atoms with Gasteiger partial charge >= 0.3 is 16.9 Å². The first kappa shape index (κ1) is 64.9. The first-order valence-electron chi connectivity index (χ1n) is 28.4. The minimum absolute atomic E-state index is 0.0558. The summed E-state index contributed by atoms with van der Waals surface area (Å²) >= 11 is 0. The van der Waals surface area contributed by atoms with Crippen molar-refractivity contribution in [2.75, 3.05) is 24.8 Å². The van der Waals surface area contributed by atoms with Crippen molar-refractivity contribution >= 4 is 67.8 Å². The number of carbonyl (C=O) groups excluding carboxylic acids is 1. The molecule has 0 spiro atoms. The number of hydrogen-bond acceptors (Lipinski definition) is 9. The van der Waals surface area contributed by atoms with Crippen LogP contribution in [0, 0.1) is 12.8 Å². The van der Waals surface area contributed by atoms with Gasteiger partial charge in [0.05, 0.1) is 51.4 Å². The van der Waals surface area contributed by atoms with Crippen molar-refractivity contribution in [2.45, 2.75) is 190 Å². The van der Waals surface area contributed by atoms with E-state index in [0.717, 1.165) is 21.5 Å². The molecule has 1 saturated heterocycles. The molecule has 1 N–H and O–H groups in total. The zero-order valence-corrected chi connectivity index (χ0v) is 55.8. The number of allylic oxidation sites excluding steroid dienone is 1. The van der Waals surface area contributed by atoms with Gasteiger partial charge in [0.25, 0.3) is 0 Å². The molecule has 436 valence electrons. The van der Waals surface area contributed by atoms with Crippen LogP contribution in [-0.4, -0.2) is 81.5 Å². The Morgan fingerprint density at radius 3 is 1.80 bits per heavy atom. The largest absolute Gasteiger partial charge is 0.534 e. The summed E-state index contributed by atoms with van der Waals surface area (Å²) in [6, 6.07) is 42.0. The molecule has 5 aromatic rings. The minimum Gasteiger partial charge on any atom is -0.534 e. The lowest BCUT2D eigenvalue weighted by Gasteiger charge is -2.57. The Morgan fingerprint density at radius 1 is 0.762 bits per heavy atom. The molecule has 15 heteroatoms. The fourth-order valence-electron chi connectivity index (χ4n) is 11.1. The van der Waals surface area contributed by atoms with Crippen molar-refractivity contribution in [2.24, 2.45) is 5.92 Å². The number of carbonyl (C=O) groups is 1. The standard InChI is InChI=1S/C65H93NO9S2Si3/c1-47-34-37-54(38-35-47)76(68)46-53(71-16)45-60(67)66-51-42-50(43-52(44-51)73-79(63(7,8)9,56-30-24-20-25-31-56)57-32-26-21-27-33-57)59(77(69,70)55-28-22-19-23-29-55)39-36-48(2)61-49(3)58(40-41-72-78(17,18)62(4,5)6)74-80(75-61,64(10,11)12)65(13,14)15/h19-38,42-44,49,53,58-59,61H,39-41,45-46H2,1-18H3,(H,66,67)/b48-36+/t49-,53+,58-,59?,61-,76?/m0/s1. The van der Waals surface area contributed by atoms with Gasteiger partial charge in [0.2, 0.25) is 5.91 Å². The zero-order chi connectivity index (χ0) is 59.3. The maximum Gasteiger partial charge on any atom is 0.350 e. The molecule has 80 heavy (non-hydrogen) atoms. The van der Waals surface area contributed by atoms with Gasteiger partial charge in [0.1, 0.15) is 5.75 Å². The number of sulfone groups is 1. The van der Waals surface area contributed by atoms with E-state index < -0.39 is 62.2 Å². The quantitative estimate of drug-likeness (QED) is 0.0564. The molecule has 6 atom stereocenters. The first-order chi connectivity index (χ1) is 37.2. The van der Waals surface area contributed by atoms with E-state index in [2.05, 4.69) is 146 Å². The Kier molecular flexibility index (Phi) is 20.8. The monoisotopic (exact) mass is 1180 g/mol. The number of methoxy groups -OCH3 is 1. The second kappa shape index (κ2) is 25.7. The molecule has 1 aliphatic rings. The molecule has 0 aliphatic carbocycles. The Morgan fingerprint density at radius 2 is 1.30 bits per heavy atom. The molecule has 0 bridgehead atoms. The number of ether oxygens (including phenoxy) is 1. The molecule has 10 nitrogen and oxygen atoms in total. The molecule has 1 fully saturated rings. The molecule has 1 amide bonds. The Labute approximate surface area is 487 Å². The van der Waals surface area contributed by atoms with Crippen LogP contribution in [0.25, 0.3) is 0 Å². The topological polar surface area (TPSA) is 126 Å². The summed E-state index contributed by atoms with van der Waals surface area (Å²) in [6.07, 6.45) is 1.52. The number of amides is 1. The van der Waals surface area contributed by atoms with Gasteiger partial charge in [-0.05, 0) is 108 Å². The van der Waals surface area contributed by atoms with Gasteiger partial charge in [0.15, 0.2) is 18.2 Å². The van der Waals surface area contributed by atoms with E-state index in [0.29, 0.717) is 34.9 Å². The summed E-state index contributed by atoms with van der Waals surface area (Å²) in [5.41, 5.74) is 2.79. The summed E-state index contributed by atoms with van der Waals surface area (Å²) in [4.78, 5) is 15.2. The molecular formula is C65H93NO9S2Si3. The average Bonchev–Trinajstić information content (AvgIpc) is 3.54. The van der Waals surface area contributed by atoms with Gasteiger partial charge in [-0.2, -0.15) is 0 Å². The molecule has 1 heterocycles. The molecule has 5 aromatic carbocycles. The fourth-order valence-corrected chi connectivity index (χ4v) is 24.7. The van der Waals surface area contributed by atoms with E-state index in [1.54, 1.807) is 36.4 Å². The van der Waals surface area contributed by atoms with Crippen LogP contribution in [0.15, 0.2) is 155 Å². The van der Waals surface area contributed by atoms with E-state index in [4.69, 9.17) is 22.4 Å². The molecule has 0 radical (unpaired) electrons. The summed E-state index contributed by atoms with van der Waals surface area (Å²) in [6.45, 7) is 38.1. The highest BCUT2D eigenvalue weighted by molar-refractivity contribution is 7.91. The van der Waals surface area contributed by atoms with E-state index in [1.165, 1.54) is 7.11 Å². The number of nitrogens with one attached hydrogen (secondary N) is 1. The number of hydrogen-bond donors (Lipinski definition) is 1. The number of rotatable bonds is 21. The van der Waals surface area contributed by atoms with Crippen LogP contribution >= 0.6 is 0 Å². The lowest BCUT2D eigenvalue weighted by atomic mass is 9.90. The van der Waals surface area contributed by atoms with Crippen LogP contribution in [0.5, 0.6) is 5.75 Å². The maximum absolute atomic E-state index is 15.6. The van der Waals surface area contributed by atoms with Crippen LogP contribution < -0.4 is 20.1 Å². The highest BCUT2D eigenvalue weighted by Gasteiger charge is 2.63. The second-order valence-electron chi connectivity index (χ2n) is 26.6. The lowest BCUT2D eigenvalue weighted by Crippen LogP contribution is -2.68. The van der Waals surface area contributed by atoms with Crippen LogP contribution in [0.2, 0.25) is 33.2 Å². The molecule has 0 aromatic heterocycles. The van der Waals surface area contributed by atoms with E-state index in [-0.39, 0.29) is 62.6 Å². The van der Waals surface area contributed by atoms with Gasteiger partial charge in [-0.1, -0.05) is 193 Å². The van der Waals surface area contributed by atoms with Crippen molar-refractivity contribution in [1.82, 2.24) is 0 Å². The average molecular weight is 1180 g/mol. The number of aryl methyl sites for hydroxylation is 1. The van der Waals surface area contributed by atoms with Gasteiger partial charge in [-0.15, -0.1) is 0 Å². The molecule has 6 rings (SSSR count). The predicted octanol–water partition coefficient (Wildman–Crippen LogP) is 14.8. The van der Waals surface area contributed by atoms with Crippen molar-refractivity contribution in [1.29, 1.82) is 0 Å². The third kappa shape index (κ3) is 14.7. The SMILES string of the molecule is CO[C@H](CC(=O)Nc1cc(O[Si](c2ccccc2)(c2ccccc2)C(C)(C)C)cc(C(C/C=C(\C)[C@@H]2O[Si](C(C)(C)C)(C(C)(C)C)O[C@@H](CCO[Si](C)(C)C(C)(C)C)[C@@H]2C)S(=O)(=O)c2ccccc2)c1)CS(=O)c1ccc(C)cc1.